The molecule has 1 aromatic heterocycles. The molecule has 1 nitrogen and oxygen atoms in total. The predicted molar refractivity (Wildman–Crippen MR) is 52.4 cm³/mol. The number of fused-ring (bicyclic) bond motifs is 1. The Kier molecular flexibility index (Phi) is 1.83. The van der Waals surface area contributed by atoms with Crippen molar-refractivity contribution < 1.29 is 4.39 Å². The first kappa shape index (κ1) is 8.30. The number of hydrogen-bond donors (Lipinski definition) is 1. The average molecular weight is 177 g/mol. The molecule has 0 atom stereocenters. The molecule has 2 heteroatoms. The average Bonchev–Trinajstić information content (AvgIpc) is 2.47. The first-order valence-electron chi connectivity index (χ1n) is 4.49. The highest BCUT2D eigenvalue weighted by molar-refractivity contribution is 5.81. The summed E-state index contributed by atoms with van der Waals surface area (Å²) >= 11 is 0. The molecule has 0 aliphatic heterocycles. The fourth-order valence-electron chi connectivity index (χ4n) is 1.62. The van der Waals surface area contributed by atoms with Crippen molar-refractivity contribution in [1.29, 1.82) is 0 Å². The zero-order chi connectivity index (χ0) is 9.42. The Hall–Kier alpha value is -1.31. The predicted octanol–water partition coefficient (Wildman–Crippen LogP) is 3.18. The van der Waals surface area contributed by atoms with Crippen LogP contribution in [-0.4, -0.2) is 4.98 Å². The number of nitrogens with one attached hydrogen (secondary N) is 1. The van der Waals surface area contributed by atoms with Crippen molar-refractivity contribution in [2.75, 3.05) is 0 Å². The first-order chi connectivity index (χ1) is 6.22. The summed E-state index contributed by atoms with van der Waals surface area (Å²) in [6.45, 7) is 3.89. The number of aromatic nitrogens is 1. The molecular weight excluding hydrogens is 165 g/mol. The Bertz CT molecular complexity index is 443. The van der Waals surface area contributed by atoms with Crippen LogP contribution in [0.5, 0.6) is 0 Å². The van der Waals surface area contributed by atoms with E-state index in [2.05, 4.69) is 4.98 Å². The summed E-state index contributed by atoms with van der Waals surface area (Å²) in [7, 11) is 0. The van der Waals surface area contributed by atoms with E-state index in [4.69, 9.17) is 0 Å². The van der Waals surface area contributed by atoms with Gasteiger partial charge in [-0.2, -0.15) is 0 Å². The van der Waals surface area contributed by atoms with Crippen LogP contribution in [0.1, 0.15) is 18.2 Å². The molecule has 2 rings (SSSR count). The third-order valence-corrected chi connectivity index (χ3v) is 2.33. The maximum atomic E-state index is 13.7. The second-order valence-corrected chi connectivity index (χ2v) is 3.31. The number of benzene rings is 1. The summed E-state index contributed by atoms with van der Waals surface area (Å²) in [6, 6.07) is 5.77. The molecule has 0 amide bonds. The third-order valence-electron chi connectivity index (χ3n) is 2.33. The SMILES string of the molecule is CCc1ccc2cc(C)[nH]c2c1F. The Morgan fingerprint density at radius 1 is 1.38 bits per heavy atom. The molecule has 0 spiro atoms. The van der Waals surface area contributed by atoms with E-state index in [-0.39, 0.29) is 5.82 Å². The Morgan fingerprint density at radius 2 is 2.15 bits per heavy atom. The highest BCUT2D eigenvalue weighted by atomic mass is 19.1. The standard InChI is InChI=1S/C11H12FN/c1-3-8-4-5-9-6-7(2)13-11(9)10(8)12/h4-6,13H,3H2,1-2H3. The normalized spacial score (nSPS) is 11.0. The summed E-state index contributed by atoms with van der Waals surface area (Å²) in [6.07, 6.45) is 0.736. The van der Waals surface area contributed by atoms with Gasteiger partial charge >= 0.3 is 0 Å². The van der Waals surface area contributed by atoms with Crippen molar-refractivity contribution in [2.24, 2.45) is 0 Å². The monoisotopic (exact) mass is 177 g/mol. The van der Waals surface area contributed by atoms with Crippen LogP contribution in [0.4, 0.5) is 4.39 Å². The minimum absolute atomic E-state index is 0.104. The number of H-pyrrole nitrogens is 1. The third kappa shape index (κ3) is 1.22. The Balaban J connectivity index is 2.78. The minimum atomic E-state index is -0.104. The van der Waals surface area contributed by atoms with E-state index in [1.54, 1.807) is 0 Å². The largest absolute Gasteiger partial charge is 0.356 e. The van der Waals surface area contributed by atoms with E-state index < -0.39 is 0 Å². The Morgan fingerprint density at radius 3 is 2.85 bits per heavy atom. The number of aromatic amines is 1. The van der Waals surface area contributed by atoms with E-state index in [0.29, 0.717) is 5.52 Å². The molecule has 0 saturated heterocycles. The van der Waals surface area contributed by atoms with E-state index >= 15 is 0 Å². The summed E-state index contributed by atoms with van der Waals surface area (Å²) in [5.74, 6) is -0.104. The number of hydrogen-bond acceptors (Lipinski definition) is 0. The van der Waals surface area contributed by atoms with E-state index in [0.717, 1.165) is 23.1 Å². The molecule has 0 aliphatic rings. The van der Waals surface area contributed by atoms with Gasteiger partial charge in [-0.15, -0.1) is 0 Å². The van der Waals surface area contributed by atoms with Gasteiger partial charge in [0.15, 0.2) is 0 Å². The van der Waals surface area contributed by atoms with Gasteiger partial charge in [-0.05, 0) is 25.0 Å². The van der Waals surface area contributed by atoms with Crippen LogP contribution >= 0.6 is 0 Å². The minimum Gasteiger partial charge on any atom is -0.356 e. The molecule has 0 aliphatic carbocycles. The zero-order valence-corrected chi connectivity index (χ0v) is 7.82. The lowest BCUT2D eigenvalue weighted by atomic mass is 10.1. The van der Waals surface area contributed by atoms with Gasteiger partial charge in [0.25, 0.3) is 0 Å². The molecule has 2 aromatic rings. The number of rotatable bonds is 1. The molecule has 13 heavy (non-hydrogen) atoms. The molecule has 0 saturated carbocycles. The molecule has 0 unspecified atom stereocenters. The lowest BCUT2D eigenvalue weighted by molar-refractivity contribution is 0.621. The van der Waals surface area contributed by atoms with Crippen LogP contribution < -0.4 is 0 Å². The molecule has 0 radical (unpaired) electrons. The van der Waals surface area contributed by atoms with Crippen molar-refractivity contribution in [3.63, 3.8) is 0 Å². The summed E-state index contributed by atoms with van der Waals surface area (Å²) in [5.41, 5.74) is 2.41. The van der Waals surface area contributed by atoms with E-state index in [1.807, 2.05) is 32.0 Å². The molecule has 0 fully saturated rings. The van der Waals surface area contributed by atoms with Gasteiger partial charge in [0.05, 0.1) is 5.52 Å². The van der Waals surface area contributed by atoms with Crippen LogP contribution in [-0.2, 0) is 6.42 Å². The Labute approximate surface area is 76.6 Å². The lowest BCUT2D eigenvalue weighted by Gasteiger charge is -1.99. The van der Waals surface area contributed by atoms with Gasteiger partial charge < -0.3 is 4.98 Å². The summed E-state index contributed by atoms with van der Waals surface area (Å²) in [4.78, 5) is 3.03. The summed E-state index contributed by atoms with van der Waals surface area (Å²) < 4.78 is 13.7. The van der Waals surface area contributed by atoms with E-state index in [1.165, 1.54) is 0 Å². The lowest BCUT2D eigenvalue weighted by Crippen LogP contribution is -1.88. The molecular formula is C11H12FN. The fraction of sp³-hybridized carbons (Fsp3) is 0.273. The second-order valence-electron chi connectivity index (χ2n) is 3.31. The van der Waals surface area contributed by atoms with Crippen LogP contribution in [0.3, 0.4) is 0 Å². The van der Waals surface area contributed by atoms with Gasteiger partial charge in [0.2, 0.25) is 0 Å². The van der Waals surface area contributed by atoms with Crippen LogP contribution in [0.15, 0.2) is 18.2 Å². The zero-order valence-electron chi connectivity index (χ0n) is 7.82. The molecule has 1 heterocycles. The maximum absolute atomic E-state index is 13.7. The molecule has 1 N–H and O–H groups in total. The fourth-order valence-corrected chi connectivity index (χ4v) is 1.62. The van der Waals surface area contributed by atoms with Crippen LogP contribution in [0.25, 0.3) is 10.9 Å². The van der Waals surface area contributed by atoms with Crippen molar-refractivity contribution in [3.8, 4) is 0 Å². The number of halogens is 1. The highest BCUT2D eigenvalue weighted by Gasteiger charge is 2.07. The molecule has 0 bridgehead atoms. The molecule has 68 valence electrons. The van der Waals surface area contributed by atoms with Crippen molar-refractivity contribution in [1.82, 2.24) is 4.98 Å². The van der Waals surface area contributed by atoms with Crippen molar-refractivity contribution in [2.45, 2.75) is 20.3 Å². The first-order valence-corrected chi connectivity index (χ1v) is 4.49. The summed E-state index contributed by atoms with van der Waals surface area (Å²) in [5, 5.41) is 0.951. The van der Waals surface area contributed by atoms with Crippen molar-refractivity contribution >= 4 is 10.9 Å². The maximum Gasteiger partial charge on any atom is 0.150 e. The van der Waals surface area contributed by atoms with Gasteiger partial charge in [-0.1, -0.05) is 19.1 Å². The smallest absolute Gasteiger partial charge is 0.150 e. The van der Waals surface area contributed by atoms with Gasteiger partial charge in [-0.25, -0.2) is 4.39 Å². The van der Waals surface area contributed by atoms with E-state index in [9.17, 15) is 4.39 Å². The number of aryl methyl sites for hydroxylation is 2. The molecule has 1 aromatic carbocycles. The highest BCUT2D eigenvalue weighted by Crippen LogP contribution is 2.21. The topological polar surface area (TPSA) is 15.8 Å². The van der Waals surface area contributed by atoms with Crippen molar-refractivity contribution in [3.05, 3.63) is 35.3 Å². The quantitative estimate of drug-likeness (QED) is 0.688. The van der Waals surface area contributed by atoms with Gasteiger partial charge in [0, 0.05) is 11.1 Å². The second kappa shape index (κ2) is 2.87. The van der Waals surface area contributed by atoms with Gasteiger partial charge in [-0.3, -0.25) is 0 Å². The van der Waals surface area contributed by atoms with Crippen LogP contribution in [0, 0.1) is 12.7 Å². The van der Waals surface area contributed by atoms with Gasteiger partial charge in [0.1, 0.15) is 5.82 Å². The van der Waals surface area contributed by atoms with Crippen LogP contribution in [0.2, 0.25) is 0 Å².